The highest BCUT2D eigenvalue weighted by atomic mass is 16.5. The first kappa shape index (κ1) is 24.5. The molecule has 1 fully saturated rings. The predicted molar refractivity (Wildman–Crippen MR) is 131 cm³/mol. The van der Waals surface area contributed by atoms with Gasteiger partial charge in [0.15, 0.2) is 5.54 Å². The second-order valence-corrected chi connectivity index (χ2v) is 8.51. The number of aliphatic hydroxyl groups excluding tert-OH is 1. The van der Waals surface area contributed by atoms with Crippen LogP contribution >= 0.6 is 0 Å². The largest absolute Gasteiger partial charge is 0.507 e. The third kappa shape index (κ3) is 3.78. The number of methoxy groups -OCH3 is 1. The van der Waals surface area contributed by atoms with Gasteiger partial charge in [0.1, 0.15) is 11.5 Å². The van der Waals surface area contributed by atoms with Crippen LogP contribution in [0.25, 0.3) is 5.76 Å². The van der Waals surface area contributed by atoms with Gasteiger partial charge in [0.25, 0.3) is 17.6 Å². The third-order valence-corrected chi connectivity index (χ3v) is 6.46. The lowest BCUT2D eigenvalue weighted by Gasteiger charge is -2.34. The van der Waals surface area contributed by atoms with E-state index in [-0.39, 0.29) is 17.9 Å². The summed E-state index contributed by atoms with van der Waals surface area (Å²) in [7, 11) is 1.55. The Morgan fingerprint density at radius 3 is 2.37 bits per heavy atom. The highest BCUT2D eigenvalue weighted by molar-refractivity contribution is 6.50. The Balaban J connectivity index is 1.93. The van der Waals surface area contributed by atoms with Crippen molar-refractivity contribution in [3.63, 3.8) is 0 Å². The van der Waals surface area contributed by atoms with E-state index in [1.165, 1.54) is 4.90 Å². The maximum absolute atomic E-state index is 14.1. The van der Waals surface area contributed by atoms with Crippen LogP contribution < -0.4 is 9.64 Å². The van der Waals surface area contributed by atoms with E-state index in [0.29, 0.717) is 48.7 Å². The van der Waals surface area contributed by atoms with Crippen molar-refractivity contribution in [2.75, 3.05) is 38.3 Å². The fourth-order valence-corrected chi connectivity index (χ4v) is 4.92. The van der Waals surface area contributed by atoms with Crippen LogP contribution in [0, 0.1) is 0 Å². The monoisotopic (exact) mass is 478 g/mol. The van der Waals surface area contributed by atoms with E-state index in [2.05, 4.69) is 0 Å². The highest BCUT2D eigenvalue weighted by Gasteiger charge is 2.66. The summed E-state index contributed by atoms with van der Waals surface area (Å²) in [5.41, 5.74) is -0.504. The van der Waals surface area contributed by atoms with E-state index in [4.69, 9.17) is 9.47 Å². The zero-order valence-corrected chi connectivity index (χ0v) is 20.2. The number of ether oxygens (including phenoxy) is 2. The zero-order valence-electron chi connectivity index (χ0n) is 20.2. The number of amides is 2. The normalized spacial score (nSPS) is 20.7. The van der Waals surface area contributed by atoms with Crippen molar-refractivity contribution in [3.8, 4) is 5.75 Å². The Morgan fingerprint density at radius 2 is 1.71 bits per heavy atom. The number of hydrogen-bond donors (Lipinski definition) is 1. The molecule has 2 aliphatic heterocycles. The van der Waals surface area contributed by atoms with Crippen molar-refractivity contribution in [2.45, 2.75) is 32.2 Å². The minimum absolute atomic E-state index is 0.122. The number of para-hydroxylation sites is 1. The van der Waals surface area contributed by atoms with E-state index in [1.807, 2.05) is 13.8 Å². The van der Waals surface area contributed by atoms with Gasteiger partial charge < -0.3 is 24.4 Å². The molecule has 0 saturated carbocycles. The molecule has 2 heterocycles. The first-order valence-electron chi connectivity index (χ1n) is 11.9. The highest BCUT2D eigenvalue weighted by Crippen LogP contribution is 2.53. The number of benzene rings is 2. The molecule has 0 aromatic heterocycles. The van der Waals surface area contributed by atoms with Gasteiger partial charge in [-0.3, -0.25) is 14.4 Å². The average molecular weight is 479 g/mol. The molecule has 2 aliphatic rings. The van der Waals surface area contributed by atoms with Crippen molar-refractivity contribution in [1.29, 1.82) is 0 Å². The van der Waals surface area contributed by atoms with Crippen LogP contribution in [0.1, 0.15) is 37.8 Å². The fourth-order valence-electron chi connectivity index (χ4n) is 4.92. The number of likely N-dealkylation sites (tertiary alicyclic amines) is 1. The molecule has 0 aliphatic carbocycles. The van der Waals surface area contributed by atoms with Gasteiger partial charge in [-0.05, 0) is 50.1 Å². The molecule has 1 atom stereocenters. The van der Waals surface area contributed by atoms with Gasteiger partial charge in [0.2, 0.25) is 0 Å². The lowest BCUT2D eigenvalue weighted by Crippen LogP contribution is -2.52. The Morgan fingerprint density at radius 1 is 1.00 bits per heavy atom. The minimum Gasteiger partial charge on any atom is -0.507 e. The molecule has 0 bridgehead atoms. The number of likely N-dealkylation sites (N-methyl/N-ethyl adjacent to an activating group) is 1. The number of fused-ring (bicyclic) bond motifs is 2. The second-order valence-electron chi connectivity index (χ2n) is 8.51. The van der Waals surface area contributed by atoms with Crippen molar-refractivity contribution in [3.05, 3.63) is 65.2 Å². The van der Waals surface area contributed by atoms with Crippen LogP contribution in [0.2, 0.25) is 0 Å². The molecule has 4 rings (SSSR count). The van der Waals surface area contributed by atoms with Gasteiger partial charge in [-0.15, -0.1) is 0 Å². The number of rotatable bonds is 9. The van der Waals surface area contributed by atoms with Gasteiger partial charge in [-0.25, -0.2) is 0 Å². The molecule has 2 amide bonds. The lowest BCUT2D eigenvalue weighted by atomic mass is 9.82. The number of Topliss-reactive ketones (excluding diaryl/α,β-unsaturated/α-hetero) is 1. The van der Waals surface area contributed by atoms with Gasteiger partial charge >= 0.3 is 0 Å². The molecule has 1 spiro atoms. The molecular weight excluding hydrogens is 448 g/mol. The Kier molecular flexibility index (Phi) is 6.93. The summed E-state index contributed by atoms with van der Waals surface area (Å²) in [6.07, 6.45) is 1.28. The molecule has 184 valence electrons. The minimum atomic E-state index is -1.74. The number of carbonyl (C=O) groups is 3. The van der Waals surface area contributed by atoms with Crippen molar-refractivity contribution in [1.82, 2.24) is 4.90 Å². The number of ketones is 1. The first-order chi connectivity index (χ1) is 16.9. The topological polar surface area (TPSA) is 96.4 Å². The van der Waals surface area contributed by atoms with E-state index in [1.54, 1.807) is 60.5 Å². The van der Waals surface area contributed by atoms with Crippen molar-refractivity contribution in [2.24, 2.45) is 0 Å². The number of hydrogen-bond acceptors (Lipinski definition) is 6. The SMILES string of the molecule is CCCOc1ccc(C(O)=C2C(=O)C(=O)N(CCCOC)C23C(=O)N(CC)c2ccccc23)cc1. The number of nitrogens with zero attached hydrogens (tertiary/aromatic N) is 2. The van der Waals surface area contributed by atoms with Gasteiger partial charge in [0, 0.05) is 37.9 Å². The third-order valence-electron chi connectivity index (χ3n) is 6.46. The summed E-state index contributed by atoms with van der Waals surface area (Å²) in [6.45, 7) is 5.21. The van der Waals surface area contributed by atoms with Crippen LogP contribution in [-0.2, 0) is 24.7 Å². The molecule has 35 heavy (non-hydrogen) atoms. The van der Waals surface area contributed by atoms with E-state index < -0.39 is 23.1 Å². The Hall–Kier alpha value is -3.65. The summed E-state index contributed by atoms with van der Waals surface area (Å²) in [5.74, 6) is -1.89. The lowest BCUT2D eigenvalue weighted by molar-refractivity contribution is -0.143. The molecule has 8 nitrogen and oxygen atoms in total. The molecule has 2 aromatic rings. The quantitative estimate of drug-likeness (QED) is 0.257. The molecule has 2 aromatic carbocycles. The van der Waals surface area contributed by atoms with Gasteiger partial charge in [-0.2, -0.15) is 0 Å². The summed E-state index contributed by atoms with van der Waals surface area (Å²) < 4.78 is 10.8. The molecular formula is C27H30N2O6. The van der Waals surface area contributed by atoms with Crippen molar-refractivity contribution < 1.29 is 29.0 Å². The summed E-state index contributed by atoms with van der Waals surface area (Å²) in [5, 5.41) is 11.4. The zero-order chi connectivity index (χ0) is 25.2. The molecule has 8 heteroatoms. The standard InChI is InChI=1S/C27H30N2O6/c1-4-16-35-19-13-11-18(12-14-19)23(30)22-24(31)25(32)29(15-8-17-34-3)27(22)20-9-6-7-10-21(20)28(5-2)26(27)33/h6-7,9-14,30H,4-5,8,15-17H2,1-3H3. The predicted octanol–water partition coefficient (Wildman–Crippen LogP) is 3.45. The van der Waals surface area contributed by atoms with E-state index in [9.17, 15) is 19.5 Å². The molecule has 1 N–H and O–H groups in total. The van der Waals surface area contributed by atoms with Gasteiger partial charge in [-0.1, -0.05) is 25.1 Å². The smallest absolute Gasteiger partial charge is 0.296 e. The first-order valence-corrected chi connectivity index (χ1v) is 11.9. The maximum Gasteiger partial charge on any atom is 0.296 e. The van der Waals surface area contributed by atoms with Crippen LogP contribution in [0.4, 0.5) is 5.69 Å². The van der Waals surface area contributed by atoms with Crippen molar-refractivity contribution >= 4 is 29.0 Å². The van der Waals surface area contributed by atoms with Crippen LogP contribution in [0.15, 0.2) is 54.1 Å². The second kappa shape index (κ2) is 9.92. The fraction of sp³-hybridized carbons (Fsp3) is 0.370. The maximum atomic E-state index is 14.1. The summed E-state index contributed by atoms with van der Waals surface area (Å²) in [4.78, 5) is 43.7. The molecule has 1 unspecified atom stereocenters. The Labute approximate surface area is 204 Å². The van der Waals surface area contributed by atoms with E-state index >= 15 is 0 Å². The molecule has 0 radical (unpaired) electrons. The van der Waals surface area contributed by atoms with Gasteiger partial charge in [0.05, 0.1) is 17.9 Å². The van der Waals surface area contributed by atoms with Crippen LogP contribution in [0.3, 0.4) is 0 Å². The Bertz CT molecular complexity index is 1170. The average Bonchev–Trinajstić information content (AvgIpc) is 3.25. The summed E-state index contributed by atoms with van der Waals surface area (Å²) >= 11 is 0. The van der Waals surface area contributed by atoms with Crippen LogP contribution in [0.5, 0.6) is 5.75 Å². The number of anilines is 1. The molecule has 1 saturated heterocycles. The summed E-state index contributed by atoms with van der Waals surface area (Å²) in [6, 6.07) is 13.7. The number of aliphatic hydroxyl groups is 1. The van der Waals surface area contributed by atoms with E-state index in [0.717, 1.165) is 6.42 Å². The number of carbonyl (C=O) groups excluding carboxylic acids is 3. The van der Waals surface area contributed by atoms with Crippen LogP contribution in [-0.4, -0.2) is 61.0 Å².